The third kappa shape index (κ3) is 45.9. The fourth-order valence-electron chi connectivity index (χ4n) is 11.4. The Hall–Kier alpha value is -2.74. The smallest absolute Gasteiger partial charge is 0.0633 e. The van der Waals surface area contributed by atoms with Crippen molar-refractivity contribution in [3.8, 4) is 0 Å². The van der Waals surface area contributed by atoms with Gasteiger partial charge in [-0.3, -0.25) is 9.98 Å². The molecule has 2 aromatic carbocycles. The van der Waals surface area contributed by atoms with E-state index in [-0.39, 0.29) is 0 Å². The Bertz CT molecular complexity index is 1520. The van der Waals surface area contributed by atoms with Crippen LogP contribution in [0.1, 0.15) is 373 Å². The Labute approximate surface area is 488 Å². The van der Waals surface area contributed by atoms with Gasteiger partial charge >= 0.3 is 0 Å². The Morgan fingerprint density at radius 1 is 0.244 bits per heavy atom. The van der Waals surface area contributed by atoms with Crippen LogP contribution in [0, 0.1) is 0 Å². The van der Waals surface area contributed by atoms with Crippen LogP contribution in [0.25, 0.3) is 0 Å². The fraction of sp³-hybridized carbons (Fsp3) is 0.763. The number of rotatable bonds is 59. The molecule has 0 aliphatic carbocycles. The molecule has 0 saturated heterocycles. The number of hydrogen-bond acceptors (Lipinski definition) is 2. The van der Waals surface area contributed by atoms with Crippen LogP contribution in [0.3, 0.4) is 0 Å². The van der Waals surface area contributed by atoms with Crippen molar-refractivity contribution >= 4 is 22.8 Å². The second-order valence-corrected chi connectivity index (χ2v) is 24.4. The molecule has 2 aromatic rings. The number of nitrogens with zero attached hydrogens (tertiary/aromatic N) is 2. The topological polar surface area (TPSA) is 24.7 Å². The number of allylic oxidation sites excluding steroid dienone is 4. The molecule has 0 saturated carbocycles. The third-order valence-electron chi connectivity index (χ3n) is 16.7. The van der Waals surface area contributed by atoms with Gasteiger partial charge in [-0.05, 0) is 112 Å². The van der Waals surface area contributed by atoms with Gasteiger partial charge in [-0.15, -0.1) is 0 Å². The maximum Gasteiger partial charge on any atom is 0.0633 e. The summed E-state index contributed by atoms with van der Waals surface area (Å²) in [4.78, 5) is 10.6. The Morgan fingerprint density at radius 2 is 0.449 bits per heavy atom. The molecular formula is C76H132N2. The molecule has 78 heavy (non-hydrogen) atoms. The molecule has 0 bridgehead atoms. The highest BCUT2D eigenvalue weighted by Crippen LogP contribution is 2.23. The molecular weight excluding hydrogens is 941 g/mol. The summed E-state index contributed by atoms with van der Waals surface area (Å²) in [6.45, 7) is 9.18. The van der Waals surface area contributed by atoms with Crippen molar-refractivity contribution < 1.29 is 0 Å². The maximum atomic E-state index is 5.29. The molecule has 2 nitrogen and oxygen atoms in total. The predicted octanol–water partition coefficient (Wildman–Crippen LogP) is 27.1. The van der Waals surface area contributed by atoms with Crippen molar-refractivity contribution in [2.75, 3.05) is 0 Å². The third-order valence-corrected chi connectivity index (χ3v) is 16.7. The average molecular weight is 1070 g/mol. The van der Waals surface area contributed by atoms with Crippen molar-refractivity contribution in [1.29, 1.82) is 0 Å². The van der Waals surface area contributed by atoms with Crippen LogP contribution >= 0.6 is 0 Å². The van der Waals surface area contributed by atoms with E-state index in [4.69, 9.17) is 9.98 Å². The van der Waals surface area contributed by atoms with Crippen LogP contribution in [-0.2, 0) is 12.8 Å². The minimum Gasteiger partial charge on any atom is -0.252 e. The largest absolute Gasteiger partial charge is 0.252 e. The quantitative estimate of drug-likeness (QED) is 0.0358. The summed E-state index contributed by atoms with van der Waals surface area (Å²) in [6.07, 6.45) is 83.9. The second-order valence-electron chi connectivity index (χ2n) is 24.4. The van der Waals surface area contributed by atoms with Gasteiger partial charge in [0.2, 0.25) is 0 Å². The molecule has 0 unspecified atom stereocenters. The zero-order valence-corrected chi connectivity index (χ0v) is 53.0. The first-order valence-electron chi connectivity index (χ1n) is 35.3. The van der Waals surface area contributed by atoms with Crippen LogP contribution < -0.4 is 0 Å². The van der Waals surface area contributed by atoms with E-state index in [9.17, 15) is 0 Å². The lowest BCUT2D eigenvalue weighted by Gasteiger charge is -2.11. The highest BCUT2D eigenvalue weighted by Gasteiger charge is 2.11. The Kier molecular flexibility index (Phi) is 52.6. The van der Waals surface area contributed by atoms with Gasteiger partial charge in [0, 0.05) is 0 Å². The number of aliphatic imine (C=N–C) groups is 2. The van der Waals surface area contributed by atoms with Gasteiger partial charge in [0.25, 0.3) is 0 Å². The molecule has 0 radical (unpaired) electrons. The monoisotopic (exact) mass is 1070 g/mol. The second kappa shape index (κ2) is 57.5. The zero-order valence-electron chi connectivity index (χ0n) is 53.0. The fourth-order valence-corrected chi connectivity index (χ4v) is 11.4. The standard InChI is InChI=1S/C76H132N2/c1-5-9-13-15-17-19-21-23-25-27-29-31-33-35-37-39-41-43-45-47-49-51-53-55-57-59-71-63-67-73(68-64-71)77-75(61-11-7-3)76(62-12-8-4)78-74-69-65-72(66-70-74)60-58-56-54-52-50-48-46-44-42-40-38-36-34-32-30-28-26-24-22-20-18-16-14-10-6-2/h53-56,63-70H,5-52,57-62H2,1-4H3/b55-53+,56-54+,77-75?,78-76?. The van der Waals surface area contributed by atoms with Gasteiger partial charge in [0.05, 0.1) is 22.8 Å². The lowest BCUT2D eigenvalue weighted by Crippen LogP contribution is -2.14. The lowest BCUT2D eigenvalue weighted by molar-refractivity contribution is 0.520. The Balaban J connectivity index is 1.55. The zero-order chi connectivity index (χ0) is 55.5. The highest BCUT2D eigenvalue weighted by molar-refractivity contribution is 6.43. The van der Waals surface area contributed by atoms with Gasteiger partial charge in [0.15, 0.2) is 0 Å². The first kappa shape index (κ1) is 71.4. The number of benzene rings is 2. The maximum absolute atomic E-state index is 5.29. The summed E-state index contributed by atoms with van der Waals surface area (Å²) in [5.74, 6) is 0. The SMILES string of the molecule is CCCCCCCCCCCCCCCCCCCCCCC/C=C/CCc1ccc(N=C(CCCC)C(CCCC)=Nc2ccc(CC/C=C/CCCCCCCCCCCCCCCCCCCCCCC)cc2)cc1. The van der Waals surface area contributed by atoms with Crippen LogP contribution in [0.15, 0.2) is 82.8 Å². The van der Waals surface area contributed by atoms with Crippen LogP contribution in [0.4, 0.5) is 11.4 Å². The Morgan fingerprint density at radius 3 is 0.679 bits per heavy atom. The van der Waals surface area contributed by atoms with E-state index < -0.39 is 0 Å². The molecule has 0 fully saturated rings. The average Bonchev–Trinajstić information content (AvgIpc) is 3.47. The minimum atomic E-state index is 0.981. The van der Waals surface area contributed by atoms with E-state index in [0.717, 1.165) is 75.6 Å². The molecule has 446 valence electrons. The van der Waals surface area contributed by atoms with E-state index >= 15 is 0 Å². The van der Waals surface area contributed by atoms with E-state index in [1.165, 1.54) is 305 Å². The van der Waals surface area contributed by atoms with Gasteiger partial charge in [-0.2, -0.15) is 0 Å². The molecule has 0 heterocycles. The van der Waals surface area contributed by atoms with Gasteiger partial charge in [-0.25, -0.2) is 0 Å². The molecule has 0 amide bonds. The van der Waals surface area contributed by atoms with Crippen molar-refractivity contribution in [2.45, 2.75) is 374 Å². The molecule has 0 aromatic heterocycles. The minimum absolute atomic E-state index is 0.981. The van der Waals surface area contributed by atoms with E-state index in [1.807, 2.05) is 0 Å². The van der Waals surface area contributed by atoms with E-state index in [0.29, 0.717) is 0 Å². The molecule has 0 spiro atoms. The molecule has 0 atom stereocenters. The van der Waals surface area contributed by atoms with Crippen molar-refractivity contribution in [1.82, 2.24) is 0 Å². The molecule has 0 aliphatic rings. The van der Waals surface area contributed by atoms with Gasteiger partial charge < -0.3 is 0 Å². The predicted molar refractivity (Wildman–Crippen MR) is 356 cm³/mol. The highest BCUT2D eigenvalue weighted by atomic mass is 14.8. The first-order valence-corrected chi connectivity index (χ1v) is 35.3. The first-order chi connectivity index (χ1) is 38.7. The lowest BCUT2D eigenvalue weighted by atomic mass is 10.0. The summed E-state index contributed by atoms with van der Waals surface area (Å²) in [5.41, 5.74) is 7.27. The number of aryl methyl sites for hydroxylation is 2. The summed E-state index contributed by atoms with van der Waals surface area (Å²) >= 11 is 0. The van der Waals surface area contributed by atoms with E-state index in [2.05, 4.69) is 101 Å². The van der Waals surface area contributed by atoms with Gasteiger partial charge in [0.1, 0.15) is 0 Å². The van der Waals surface area contributed by atoms with Gasteiger partial charge in [-0.1, -0.05) is 346 Å². The van der Waals surface area contributed by atoms with Crippen molar-refractivity contribution in [3.05, 3.63) is 84.0 Å². The van der Waals surface area contributed by atoms with E-state index in [1.54, 1.807) is 0 Å². The summed E-state index contributed by atoms with van der Waals surface area (Å²) < 4.78 is 0. The molecule has 0 aliphatic heterocycles. The number of hydrogen-bond donors (Lipinski definition) is 0. The summed E-state index contributed by atoms with van der Waals surface area (Å²) in [7, 11) is 0. The molecule has 2 heteroatoms. The van der Waals surface area contributed by atoms with Crippen LogP contribution in [-0.4, -0.2) is 11.4 Å². The summed E-state index contributed by atoms with van der Waals surface area (Å²) in [6, 6.07) is 18.1. The van der Waals surface area contributed by atoms with Crippen molar-refractivity contribution in [3.63, 3.8) is 0 Å². The van der Waals surface area contributed by atoms with Crippen LogP contribution in [0.2, 0.25) is 0 Å². The molecule has 2 rings (SSSR count). The summed E-state index contributed by atoms with van der Waals surface area (Å²) in [5, 5.41) is 0. The van der Waals surface area contributed by atoms with Crippen LogP contribution in [0.5, 0.6) is 0 Å². The number of unbranched alkanes of at least 4 members (excludes halogenated alkanes) is 44. The normalized spacial score (nSPS) is 12.4. The van der Waals surface area contributed by atoms with Crippen molar-refractivity contribution in [2.24, 2.45) is 9.98 Å². The molecule has 0 N–H and O–H groups in total.